The van der Waals surface area contributed by atoms with E-state index in [1.165, 1.54) is 0 Å². The van der Waals surface area contributed by atoms with Crippen molar-refractivity contribution in [3.63, 3.8) is 0 Å². The van der Waals surface area contributed by atoms with Crippen molar-refractivity contribution in [2.24, 2.45) is 0 Å². The number of carbonyl (C=O) groups is 1. The third-order valence-corrected chi connectivity index (χ3v) is 5.38. The Morgan fingerprint density at radius 3 is 2.82 bits per heavy atom. The molecule has 0 aliphatic rings. The minimum atomic E-state index is -0.290. The highest BCUT2D eigenvalue weighted by atomic mass is 32.1. The second-order valence-electron chi connectivity index (χ2n) is 6.47. The third-order valence-electron chi connectivity index (χ3n) is 4.52. The first-order chi connectivity index (χ1) is 13.6. The molecule has 3 rings (SSSR count). The van der Waals surface area contributed by atoms with Gasteiger partial charge in [-0.2, -0.15) is 0 Å². The summed E-state index contributed by atoms with van der Waals surface area (Å²) in [5.74, 6) is 1.61. The summed E-state index contributed by atoms with van der Waals surface area (Å²) < 4.78 is 11.1. The molecule has 0 radical (unpaired) electrons. The van der Waals surface area contributed by atoms with Gasteiger partial charge in [-0.1, -0.05) is 25.1 Å². The second-order valence-corrected chi connectivity index (χ2v) is 7.42. The number of methoxy groups -OCH3 is 1. The highest BCUT2D eigenvalue weighted by Crippen LogP contribution is 2.23. The number of hydrogen-bond donors (Lipinski definition) is 2. The summed E-state index contributed by atoms with van der Waals surface area (Å²) in [6.07, 6.45) is 0.938. The van der Waals surface area contributed by atoms with Gasteiger partial charge in [0.15, 0.2) is 12.6 Å². The monoisotopic (exact) mass is 401 g/mol. The number of rotatable bonds is 9. The molecule has 0 saturated heterocycles. The average Bonchev–Trinajstić information content (AvgIpc) is 3.39. The normalized spacial score (nSPS) is 13.1. The van der Waals surface area contributed by atoms with Crippen LogP contribution in [0.2, 0.25) is 0 Å². The molecule has 1 aromatic carbocycles. The molecule has 2 N–H and O–H groups in total. The molecule has 148 valence electrons. The summed E-state index contributed by atoms with van der Waals surface area (Å²) >= 11 is 1.56. The molecule has 0 bridgehead atoms. The number of ether oxygens (including phenoxy) is 1. The van der Waals surface area contributed by atoms with E-state index >= 15 is 0 Å². The Hall–Kier alpha value is -2.71. The molecule has 0 aliphatic carbocycles. The number of benzene rings is 1. The summed E-state index contributed by atoms with van der Waals surface area (Å²) in [5, 5.41) is 13.2. The van der Waals surface area contributed by atoms with Crippen molar-refractivity contribution in [3.8, 4) is 16.5 Å². The first-order valence-electron chi connectivity index (χ1n) is 9.27. The van der Waals surface area contributed by atoms with Crippen LogP contribution in [0.3, 0.4) is 0 Å². The molecule has 1 amide bonds. The van der Waals surface area contributed by atoms with Crippen molar-refractivity contribution in [2.45, 2.75) is 32.9 Å². The van der Waals surface area contributed by atoms with Gasteiger partial charge in [-0.05, 0) is 36.9 Å². The van der Waals surface area contributed by atoms with E-state index in [1.807, 2.05) is 48.7 Å². The van der Waals surface area contributed by atoms with Crippen LogP contribution >= 0.6 is 11.3 Å². The first-order valence-corrected chi connectivity index (χ1v) is 10.1. The fourth-order valence-corrected chi connectivity index (χ4v) is 3.62. The van der Waals surface area contributed by atoms with Crippen LogP contribution < -0.4 is 15.0 Å². The van der Waals surface area contributed by atoms with Gasteiger partial charge < -0.3 is 19.4 Å². The van der Waals surface area contributed by atoms with Crippen LogP contribution in [-0.2, 0) is 11.3 Å². The van der Waals surface area contributed by atoms with E-state index in [9.17, 15) is 4.79 Å². The lowest BCUT2D eigenvalue weighted by atomic mass is 10.2. The lowest BCUT2D eigenvalue weighted by Crippen LogP contribution is -3.15. The van der Waals surface area contributed by atoms with E-state index in [0.29, 0.717) is 29.8 Å². The van der Waals surface area contributed by atoms with Gasteiger partial charge in [0, 0.05) is 0 Å². The fourth-order valence-electron chi connectivity index (χ4n) is 2.97. The molecule has 0 aliphatic heterocycles. The number of para-hydroxylation sites is 2. The maximum atomic E-state index is 12.8. The maximum Gasteiger partial charge on any atom is 0.282 e. The zero-order valence-corrected chi connectivity index (χ0v) is 17.1. The van der Waals surface area contributed by atoms with Crippen LogP contribution in [0.4, 0.5) is 5.69 Å². The van der Waals surface area contributed by atoms with E-state index < -0.39 is 0 Å². The second kappa shape index (κ2) is 9.48. The minimum Gasteiger partial charge on any atom is -0.495 e. The van der Waals surface area contributed by atoms with Crippen molar-refractivity contribution in [3.05, 3.63) is 47.7 Å². The van der Waals surface area contributed by atoms with Crippen molar-refractivity contribution >= 4 is 22.9 Å². The molecule has 0 spiro atoms. The summed E-state index contributed by atoms with van der Waals surface area (Å²) in [6.45, 7) is 5.31. The van der Waals surface area contributed by atoms with Crippen LogP contribution in [0, 0.1) is 0 Å². The molecule has 1 unspecified atom stereocenters. The molecule has 0 fully saturated rings. The zero-order chi connectivity index (χ0) is 19.9. The van der Waals surface area contributed by atoms with Gasteiger partial charge in [-0.3, -0.25) is 4.79 Å². The van der Waals surface area contributed by atoms with Gasteiger partial charge >= 0.3 is 0 Å². The lowest BCUT2D eigenvalue weighted by Gasteiger charge is -2.24. The fraction of sp³-hybridized carbons (Fsp3) is 0.350. The molecule has 7 nitrogen and oxygen atoms in total. The first kappa shape index (κ1) is 20.0. The molecule has 2 heterocycles. The summed E-state index contributed by atoms with van der Waals surface area (Å²) in [7, 11) is 1.59. The Bertz CT molecular complexity index is 895. The summed E-state index contributed by atoms with van der Waals surface area (Å²) in [5.41, 5.74) is 0.662. The number of nitrogens with one attached hydrogen (secondary N) is 2. The number of thiophene rings is 1. The average molecular weight is 402 g/mol. The Kier molecular flexibility index (Phi) is 6.78. The van der Waals surface area contributed by atoms with Gasteiger partial charge in [-0.25, -0.2) is 0 Å². The van der Waals surface area contributed by atoms with Crippen LogP contribution in [-0.4, -0.2) is 35.8 Å². The number of carbonyl (C=O) groups excluding carboxylic acids is 1. The van der Waals surface area contributed by atoms with E-state index in [4.69, 9.17) is 9.15 Å². The summed E-state index contributed by atoms with van der Waals surface area (Å²) in [6, 6.07) is 11.0. The molecular formula is C20H25N4O3S+. The van der Waals surface area contributed by atoms with Gasteiger partial charge in [-0.15, -0.1) is 21.5 Å². The largest absolute Gasteiger partial charge is 0.495 e. The lowest BCUT2D eigenvalue weighted by molar-refractivity contribution is -0.928. The Labute approximate surface area is 168 Å². The van der Waals surface area contributed by atoms with E-state index in [-0.39, 0.29) is 11.9 Å². The van der Waals surface area contributed by atoms with Crippen LogP contribution in [0.25, 0.3) is 10.8 Å². The number of quaternary nitrogens is 1. The number of hydrogen-bond acceptors (Lipinski definition) is 6. The Morgan fingerprint density at radius 2 is 2.11 bits per heavy atom. The highest BCUT2D eigenvalue weighted by Gasteiger charge is 2.27. The Morgan fingerprint density at radius 1 is 1.29 bits per heavy atom. The van der Waals surface area contributed by atoms with Gasteiger partial charge in [0.2, 0.25) is 0 Å². The standard InChI is InChI=1S/C20H24N4O3S/c1-4-11-24(13-18-22-23-20(27-18)17-10-7-12-28-17)14(2)19(25)21-15-8-5-6-9-16(15)26-3/h5-10,12,14H,4,11,13H2,1-3H3,(H,21,25)/p+1/t14-/m0/s1. The van der Waals surface area contributed by atoms with Gasteiger partial charge in [0.05, 0.1) is 24.2 Å². The van der Waals surface area contributed by atoms with E-state index in [0.717, 1.165) is 22.7 Å². The van der Waals surface area contributed by atoms with Crippen molar-refractivity contribution in [2.75, 3.05) is 19.0 Å². The molecule has 3 aromatic rings. The molecule has 8 heteroatoms. The minimum absolute atomic E-state index is 0.0778. The van der Waals surface area contributed by atoms with Gasteiger partial charge in [0.25, 0.3) is 17.7 Å². The smallest absolute Gasteiger partial charge is 0.282 e. The van der Waals surface area contributed by atoms with Crippen molar-refractivity contribution < 1.29 is 18.8 Å². The maximum absolute atomic E-state index is 12.8. The topological polar surface area (TPSA) is 81.7 Å². The van der Waals surface area contributed by atoms with Crippen LogP contribution in [0.1, 0.15) is 26.2 Å². The van der Waals surface area contributed by atoms with Crippen molar-refractivity contribution in [1.29, 1.82) is 0 Å². The van der Waals surface area contributed by atoms with Crippen LogP contribution in [0.15, 0.2) is 46.2 Å². The quantitative estimate of drug-likeness (QED) is 0.576. The predicted octanol–water partition coefficient (Wildman–Crippen LogP) is 2.63. The molecule has 2 atom stereocenters. The Balaban J connectivity index is 1.69. The predicted molar refractivity (Wildman–Crippen MR) is 109 cm³/mol. The highest BCUT2D eigenvalue weighted by molar-refractivity contribution is 7.13. The number of amides is 1. The molecule has 28 heavy (non-hydrogen) atoms. The third kappa shape index (κ3) is 4.76. The summed E-state index contributed by atoms with van der Waals surface area (Å²) in [4.78, 5) is 14.8. The van der Waals surface area contributed by atoms with E-state index in [1.54, 1.807) is 18.4 Å². The SMILES string of the molecule is CCC[NH+](Cc1nnc(-c2cccs2)o1)[C@@H](C)C(=O)Nc1ccccc1OC. The molecule has 0 saturated carbocycles. The molecular weight excluding hydrogens is 376 g/mol. The van der Waals surface area contributed by atoms with Gasteiger partial charge in [0.1, 0.15) is 5.75 Å². The van der Waals surface area contributed by atoms with Crippen LogP contribution in [0.5, 0.6) is 5.75 Å². The number of aromatic nitrogens is 2. The number of anilines is 1. The van der Waals surface area contributed by atoms with Crippen molar-refractivity contribution in [1.82, 2.24) is 10.2 Å². The molecule has 2 aromatic heterocycles. The number of nitrogens with zero attached hydrogens (tertiary/aromatic N) is 2. The van der Waals surface area contributed by atoms with E-state index in [2.05, 4.69) is 22.4 Å². The zero-order valence-electron chi connectivity index (χ0n) is 16.3.